The van der Waals surface area contributed by atoms with Gasteiger partial charge in [-0.05, 0) is 57.0 Å². The van der Waals surface area contributed by atoms with E-state index in [0.717, 1.165) is 17.7 Å². The molecule has 2 rings (SSSR count). The number of hydrogen-bond acceptors (Lipinski definition) is 4. The van der Waals surface area contributed by atoms with Crippen LogP contribution in [0.3, 0.4) is 0 Å². The molecule has 7 heteroatoms. The van der Waals surface area contributed by atoms with Gasteiger partial charge in [0.1, 0.15) is 5.60 Å². The number of para-hydroxylation sites is 1. The normalized spacial score (nSPS) is 10.8. The van der Waals surface area contributed by atoms with Crippen molar-refractivity contribution in [1.82, 2.24) is 5.32 Å². The summed E-state index contributed by atoms with van der Waals surface area (Å²) < 4.78 is 5.19. The average Bonchev–Trinajstić information content (AvgIpc) is 2.65. The molecule has 3 amide bonds. The van der Waals surface area contributed by atoms with Crippen LogP contribution in [0.2, 0.25) is 0 Å². The maximum atomic E-state index is 12.4. The van der Waals surface area contributed by atoms with E-state index in [1.54, 1.807) is 39.0 Å². The zero-order valence-electron chi connectivity index (χ0n) is 17.2. The minimum atomic E-state index is -0.622. The van der Waals surface area contributed by atoms with E-state index in [1.165, 1.54) is 6.07 Å². The van der Waals surface area contributed by atoms with Crippen LogP contribution in [0.1, 0.15) is 43.6 Å². The average molecular weight is 397 g/mol. The zero-order valence-corrected chi connectivity index (χ0v) is 17.2. The lowest BCUT2D eigenvalue weighted by atomic mass is 10.1. The Labute approximate surface area is 170 Å². The fourth-order valence-corrected chi connectivity index (χ4v) is 2.57. The molecule has 0 radical (unpaired) electrons. The Morgan fingerprint density at radius 2 is 1.69 bits per heavy atom. The van der Waals surface area contributed by atoms with Gasteiger partial charge >= 0.3 is 6.09 Å². The molecule has 0 aromatic heterocycles. The van der Waals surface area contributed by atoms with Gasteiger partial charge in [-0.2, -0.15) is 0 Å². The van der Waals surface area contributed by atoms with Crippen LogP contribution >= 0.6 is 0 Å². The summed E-state index contributed by atoms with van der Waals surface area (Å²) in [5.74, 6) is -0.737. The predicted molar refractivity (Wildman–Crippen MR) is 113 cm³/mol. The molecule has 0 saturated carbocycles. The Kier molecular flexibility index (Phi) is 7.36. The summed E-state index contributed by atoms with van der Waals surface area (Å²) in [5, 5.41) is 7.96. The highest BCUT2D eigenvalue weighted by Crippen LogP contribution is 2.15. The topological polar surface area (TPSA) is 96.5 Å². The molecule has 7 nitrogen and oxygen atoms in total. The summed E-state index contributed by atoms with van der Waals surface area (Å²) in [4.78, 5) is 36.4. The van der Waals surface area contributed by atoms with Crippen LogP contribution in [-0.4, -0.2) is 30.1 Å². The van der Waals surface area contributed by atoms with Crippen molar-refractivity contribution >= 4 is 29.3 Å². The second-order valence-corrected chi connectivity index (χ2v) is 7.45. The highest BCUT2D eigenvalue weighted by atomic mass is 16.6. The van der Waals surface area contributed by atoms with Crippen molar-refractivity contribution in [2.75, 3.05) is 17.2 Å². The third-order valence-electron chi connectivity index (χ3n) is 3.85. The minimum absolute atomic E-state index is 0.166. The highest BCUT2D eigenvalue weighted by Gasteiger charge is 2.17. The first-order chi connectivity index (χ1) is 13.7. The van der Waals surface area contributed by atoms with Crippen LogP contribution in [-0.2, 0) is 16.0 Å². The predicted octanol–water partition coefficient (Wildman–Crippen LogP) is 3.96. The van der Waals surface area contributed by atoms with Gasteiger partial charge in [0.15, 0.2) is 0 Å². The lowest BCUT2D eigenvalue weighted by Gasteiger charge is -2.19. The van der Waals surface area contributed by atoms with Crippen LogP contribution in [0.5, 0.6) is 0 Å². The SMILES string of the molecule is CCc1ccccc1NC(=O)CNC(=O)c1cccc(NC(=O)OC(C)(C)C)c1. The first kappa shape index (κ1) is 21.9. The van der Waals surface area contributed by atoms with E-state index in [0.29, 0.717) is 11.3 Å². The van der Waals surface area contributed by atoms with E-state index >= 15 is 0 Å². The quantitative estimate of drug-likeness (QED) is 0.687. The number of hydrogen-bond donors (Lipinski definition) is 3. The molecule has 29 heavy (non-hydrogen) atoms. The summed E-state index contributed by atoms with van der Waals surface area (Å²) in [5.41, 5.74) is 1.88. The standard InChI is InChI=1S/C22H27N3O4/c1-5-15-9-6-7-12-18(15)25-19(26)14-23-20(27)16-10-8-11-17(13-16)24-21(28)29-22(2,3)4/h6-13H,5,14H2,1-4H3,(H,23,27)(H,24,28)(H,25,26). The molecule has 0 unspecified atom stereocenters. The number of anilines is 2. The Balaban J connectivity index is 1.92. The fourth-order valence-electron chi connectivity index (χ4n) is 2.57. The van der Waals surface area contributed by atoms with Crippen LogP contribution in [0.15, 0.2) is 48.5 Å². The number of carbonyl (C=O) groups excluding carboxylic acids is 3. The first-order valence-corrected chi connectivity index (χ1v) is 9.44. The van der Waals surface area contributed by atoms with E-state index in [-0.39, 0.29) is 12.5 Å². The molecule has 0 spiro atoms. The maximum Gasteiger partial charge on any atom is 0.412 e. The molecule has 154 valence electrons. The molecule has 0 bridgehead atoms. The van der Waals surface area contributed by atoms with Gasteiger partial charge in [-0.3, -0.25) is 14.9 Å². The van der Waals surface area contributed by atoms with E-state index in [9.17, 15) is 14.4 Å². The summed E-state index contributed by atoms with van der Waals surface area (Å²) in [6.45, 7) is 7.13. The number of ether oxygens (including phenoxy) is 1. The molecule has 0 aliphatic carbocycles. The van der Waals surface area contributed by atoms with Gasteiger partial charge in [0.2, 0.25) is 5.91 Å². The second kappa shape index (κ2) is 9.73. The third-order valence-corrected chi connectivity index (χ3v) is 3.85. The summed E-state index contributed by atoms with van der Waals surface area (Å²) in [6, 6.07) is 13.9. The molecule has 0 aliphatic rings. The molecule has 2 aromatic rings. The van der Waals surface area contributed by atoms with Gasteiger partial charge in [0, 0.05) is 16.9 Å². The van der Waals surface area contributed by atoms with Crippen LogP contribution in [0.4, 0.5) is 16.2 Å². The number of amides is 3. The molecule has 0 saturated heterocycles. The number of nitrogens with one attached hydrogen (secondary N) is 3. The third kappa shape index (κ3) is 7.29. The molecule has 0 aliphatic heterocycles. The number of aryl methyl sites for hydroxylation is 1. The number of carbonyl (C=O) groups is 3. The lowest BCUT2D eigenvalue weighted by molar-refractivity contribution is -0.115. The number of benzene rings is 2. The summed E-state index contributed by atoms with van der Waals surface area (Å²) in [6.07, 6.45) is 0.185. The van der Waals surface area contributed by atoms with Crippen molar-refractivity contribution in [3.63, 3.8) is 0 Å². The molecular formula is C22H27N3O4. The lowest BCUT2D eigenvalue weighted by Crippen LogP contribution is -2.33. The van der Waals surface area contributed by atoms with Gasteiger partial charge in [-0.15, -0.1) is 0 Å². The van der Waals surface area contributed by atoms with E-state index in [2.05, 4.69) is 16.0 Å². The van der Waals surface area contributed by atoms with E-state index < -0.39 is 17.6 Å². The molecule has 2 aromatic carbocycles. The zero-order chi connectivity index (χ0) is 21.4. The van der Waals surface area contributed by atoms with Crippen molar-refractivity contribution in [2.24, 2.45) is 0 Å². The van der Waals surface area contributed by atoms with Crippen molar-refractivity contribution in [1.29, 1.82) is 0 Å². The monoisotopic (exact) mass is 397 g/mol. The number of rotatable bonds is 6. The van der Waals surface area contributed by atoms with Crippen LogP contribution in [0.25, 0.3) is 0 Å². The van der Waals surface area contributed by atoms with Gasteiger partial charge in [0.05, 0.1) is 6.54 Å². The Morgan fingerprint density at radius 3 is 2.38 bits per heavy atom. The van der Waals surface area contributed by atoms with Crippen LogP contribution in [0, 0.1) is 0 Å². The second-order valence-electron chi connectivity index (χ2n) is 7.45. The molecule has 0 heterocycles. The molecule has 0 atom stereocenters. The van der Waals surface area contributed by atoms with E-state index in [4.69, 9.17) is 4.74 Å². The fraction of sp³-hybridized carbons (Fsp3) is 0.318. The van der Waals surface area contributed by atoms with Gasteiger partial charge < -0.3 is 15.4 Å². The smallest absolute Gasteiger partial charge is 0.412 e. The first-order valence-electron chi connectivity index (χ1n) is 9.44. The molecule has 3 N–H and O–H groups in total. The minimum Gasteiger partial charge on any atom is -0.444 e. The van der Waals surface area contributed by atoms with Crippen molar-refractivity contribution in [2.45, 2.75) is 39.7 Å². The highest BCUT2D eigenvalue weighted by molar-refractivity contribution is 6.00. The van der Waals surface area contributed by atoms with Crippen molar-refractivity contribution in [3.05, 3.63) is 59.7 Å². The van der Waals surface area contributed by atoms with Gasteiger partial charge in [-0.25, -0.2) is 4.79 Å². The Bertz CT molecular complexity index is 888. The Morgan fingerprint density at radius 1 is 0.966 bits per heavy atom. The van der Waals surface area contributed by atoms with Gasteiger partial charge in [-0.1, -0.05) is 31.2 Å². The van der Waals surface area contributed by atoms with Crippen molar-refractivity contribution in [3.8, 4) is 0 Å². The summed E-state index contributed by atoms with van der Waals surface area (Å²) in [7, 11) is 0. The maximum absolute atomic E-state index is 12.4. The largest absolute Gasteiger partial charge is 0.444 e. The molecular weight excluding hydrogens is 370 g/mol. The van der Waals surface area contributed by atoms with Crippen LogP contribution < -0.4 is 16.0 Å². The van der Waals surface area contributed by atoms with Crippen molar-refractivity contribution < 1.29 is 19.1 Å². The Hall–Kier alpha value is -3.35. The summed E-state index contributed by atoms with van der Waals surface area (Å²) >= 11 is 0. The van der Waals surface area contributed by atoms with Gasteiger partial charge in [0.25, 0.3) is 5.91 Å². The van der Waals surface area contributed by atoms with E-state index in [1.807, 2.05) is 31.2 Å². The molecule has 0 fully saturated rings.